The molecular formula is C19H25N5O3. The predicted molar refractivity (Wildman–Crippen MR) is 102 cm³/mol. The topological polar surface area (TPSA) is 87.5 Å². The Morgan fingerprint density at radius 3 is 2.41 bits per heavy atom. The van der Waals surface area contributed by atoms with Crippen LogP contribution >= 0.6 is 0 Å². The average Bonchev–Trinajstić information content (AvgIpc) is 2.97. The van der Waals surface area contributed by atoms with Crippen LogP contribution in [0.2, 0.25) is 0 Å². The number of carbonyl (C=O) groups is 3. The molecule has 3 rings (SSSR count). The zero-order valence-corrected chi connectivity index (χ0v) is 16.2. The Labute approximate surface area is 158 Å². The molecule has 2 heterocycles. The summed E-state index contributed by atoms with van der Waals surface area (Å²) in [6, 6.07) is 7.66. The number of amides is 3. The molecule has 0 radical (unpaired) electrons. The van der Waals surface area contributed by atoms with Gasteiger partial charge in [-0.15, -0.1) is 0 Å². The van der Waals surface area contributed by atoms with Crippen LogP contribution in [0.3, 0.4) is 0 Å². The van der Waals surface area contributed by atoms with Crippen molar-refractivity contribution in [2.75, 3.05) is 31.5 Å². The number of nitrogens with zero attached hydrogens (tertiary/aromatic N) is 4. The number of hydrogen-bond donors (Lipinski definition) is 1. The van der Waals surface area contributed by atoms with E-state index >= 15 is 0 Å². The number of carbonyl (C=O) groups excluding carboxylic acids is 3. The van der Waals surface area contributed by atoms with E-state index in [-0.39, 0.29) is 18.0 Å². The average molecular weight is 371 g/mol. The fourth-order valence-corrected chi connectivity index (χ4v) is 3.29. The predicted octanol–water partition coefficient (Wildman–Crippen LogP) is 1.42. The van der Waals surface area contributed by atoms with Crippen molar-refractivity contribution in [3.8, 4) is 0 Å². The largest absolute Gasteiger partial charge is 0.333 e. The first kappa shape index (κ1) is 18.9. The van der Waals surface area contributed by atoms with Gasteiger partial charge in [0.2, 0.25) is 11.9 Å². The molecule has 144 valence electrons. The lowest BCUT2D eigenvalue weighted by Crippen LogP contribution is -2.55. The van der Waals surface area contributed by atoms with Crippen LogP contribution in [-0.4, -0.2) is 63.3 Å². The van der Waals surface area contributed by atoms with E-state index in [0.717, 1.165) is 11.0 Å². The van der Waals surface area contributed by atoms with Gasteiger partial charge in [0, 0.05) is 25.2 Å². The number of piperazine rings is 1. The SMILES string of the molecule is CCN1CCN(CC(=O)Nc2nc3ccccc3n2C(C)(C)C)C(=O)C1=O. The number of benzene rings is 1. The van der Waals surface area contributed by atoms with Gasteiger partial charge in [-0.2, -0.15) is 0 Å². The highest BCUT2D eigenvalue weighted by Crippen LogP contribution is 2.27. The maximum atomic E-state index is 12.6. The first-order chi connectivity index (χ1) is 12.7. The number of anilines is 1. The highest BCUT2D eigenvalue weighted by molar-refractivity contribution is 6.35. The monoisotopic (exact) mass is 371 g/mol. The number of fused-ring (bicyclic) bond motifs is 1. The van der Waals surface area contributed by atoms with Crippen molar-refractivity contribution in [2.24, 2.45) is 0 Å². The molecule has 0 aliphatic carbocycles. The number of rotatable bonds is 4. The summed E-state index contributed by atoms with van der Waals surface area (Å²) in [5.41, 5.74) is 1.41. The fourth-order valence-electron chi connectivity index (χ4n) is 3.29. The smallest absolute Gasteiger partial charge is 0.312 e. The van der Waals surface area contributed by atoms with Crippen LogP contribution in [0.15, 0.2) is 24.3 Å². The second kappa shape index (κ2) is 7.02. The van der Waals surface area contributed by atoms with Crippen molar-refractivity contribution in [3.05, 3.63) is 24.3 Å². The van der Waals surface area contributed by atoms with Crippen molar-refractivity contribution in [2.45, 2.75) is 33.2 Å². The van der Waals surface area contributed by atoms with Crippen molar-refractivity contribution in [3.63, 3.8) is 0 Å². The Morgan fingerprint density at radius 1 is 1.11 bits per heavy atom. The third-order valence-electron chi connectivity index (χ3n) is 4.60. The van der Waals surface area contributed by atoms with Crippen LogP contribution in [0, 0.1) is 0 Å². The van der Waals surface area contributed by atoms with Gasteiger partial charge in [0.25, 0.3) is 0 Å². The standard InChI is InChI=1S/C19H25N5O3/c1-5-22-10-11-23(17(27)16(22)26)12-15(25)21-18-20-13-8-6-7-9-14(13)24(18)19(2,3)4/h6-9H,5,10-12H2,1-4H3,(H,20,21,25). The minimum Gasteiger partial charge on any atom is -0.333 e. The summed E-state index contributed by atoms with van der Waals surface area (Å²) in [5.74, 6) is -1.14. The van der Waals surface area contributed by atoms with E-state index in [4.69, 9.17) is 0 Å². The van der Waals surface area contributed by atoms with E-state index in [1.165, 1.54) is 9.80 Å². The van der Waals surface area contributed by atoms with Crippen LogP contribution in [0.4, 0.5) is 5.95 Å². The molecule has 0 unspecified atom stereocenters. The summed E-state index contributed by atoms with van der Waals surface area (Å²) in [7, 11) is 0. The third-order valence-corrected chi connectivity index (χ3v) is 4.60. The Hall–Kier alpha value is -2.90. The molecule has 1 fully saturated rings. The number of imidazole rings is 1. The summed E-state index contributed by atoms with van der Waals surface area (Å²) in [5, 5.41) is 2.81. The molecule has 8 heteroatoms. The van der Waals surface area contributed by atoms with Gasteiger partial charge in [-0.1, -0.05) is 12.1 Å². The van der Waals surface area contributed by atoms with Crippen LogP contribution in [-0.2, 0) is 19.9 Å². The highest BCUT2D eigenvalue weighted by atomic mass is 16.2. The summed E-state index contributed by atoms with van der Waals surface area (Å²) >= 11 is 0. The van der Waals surface area contributed by atoms with Gasteiger partial charge in [0.1, 0.15) is 6.54 Å². The van der Waals surface area contributed by atoms with Crippen LogP contribution < -0.4 is 5.32 Å². The van der Waals surface area contributed by atoms with E-state index in [9.17, 15) is 14.4 Å². The van der Waals surface area contributed by atoms with Gasteiger partial charge in [-0.05, 0) is 39.8 Å². The molecular weight excluding hydrogens is 346 g/mol. The van der Waals surface area contributed by atoms with Gasteiger partial charge in [-0.25, -0.2) is 4.98 Å². The molecule has 1 N–H and O–H groups in total. The summed E-state index contributed by atoms with van der Waals surface area (Å²) in [6.07, 6.45) is 0. The quantitative estimate of drug-likeness (QED) is 0.824. The molecule has 1 aromatic heterocycles. The van der Waals surface area contributed by atoms with Crippen molar-refractivity contribution < 1.29 is 14.4 Å². The number of nitrogens with one attached hydrogen (secondary N) is 1. The second-order valence-corrected chi connectivity index (χ2v) is 7.59. The minimum absolute atomic E-state index is 0.171. The molecule has 1 aromatic carbocycles. The lowest BCUT2D eigenvalue weighted by molar-refractivity contribution is -0.156. The van der Waals surface area contributed by atoms with Gasteiger partial charge < -0.3 is 14.4 Å². The van der Waals surface area contributed by atoms with Crippen LogP contribution in [0.5, 0.6) is 0 Å². The third kappa shape index (κ3) is 3.65. The lowest BCUT2D eigenvalue weighted by atomic mass is 10.1. The zero-order valence-electron chi connectivity index (χ0n) is 16.2. The van der Waals surface area contributed by atoms with Gasteiger partial charge >= 0.3 is 11.8 Å². The van der Waals surface area contributed by atoms with E-state index < -0.39 is 11.8 Å². The molecule has 3 amide bonds. The van der Waals surface area contributed by atoms with Gasteiger partial charge in [0.15, 0.2) is 0 Å². The molecule has 1 aliphatic rings. The van der Waals surface area contributed by atoms with Crippen molar-refractivity contribution >= 4 is 34.7 Å². The fraction of sp³-hybridized carbons (Fsp3) is 0.474. The molecule has 2 aromatic rings. The summed E-state index contributed by atoms with van der Waals surface area (Å²) in [6.45, 7) is 9.02. The Bertz CT molecular complexity index is 896. The van der Waals surface area contributed by atoms with E-state index in [1.54, 1.807) is 0 Å². The Balaban J connectivity index is 1.79. The second-order valence-electron chi connectivity index (χ2n) is 7.59. The number of para-hydroxylation sites is 2. The summed E-state index contributed by atoms with van der Waals surface area (Å²) in [4.78, 5) is 44.0. The maximum absolute atomic E-state index is 12.6. The molecule has 0 spiro atoms. The van der Waals surface area contributed by atoms with Crippen LogP contribution in [0.25, 0.3) is 11.0 Å². The highest BCUT2D eigenvalue weighted by Gasteiger charge is 2.33. The number of aromatic nitrogens is 2. The molecule has 0 bridgehead atoms. The maximum Gasteiger partial charge on any atom is 0.312 e. The van der Waals surface area contributed by atoms with E-state index in [0.29, 0.717) is 25.6 Å². The summed E-state index contributed by atoms with van der Waals surface area (Å²) < 4.78 is 1.96. The van der Waals surface area contributed by atoms with Gasteiger partial charge in [0.05, 0.1) is 11.0 Å². The van der Waals surface area contributed by atoms with Crippen LogP contribution in [0.1, 0.15) is 27.7 Å². The minimum atomic E-state index is -0.637. The molecule has 1 aliphatic heterocycles. The lowest BCUT2D eigenvalue weighted by Gasteiger charge is -2.32. The molecule has 8 nitrogen and oxygen atoms in total. The number of likely N-dealkylation sites (N-methyl/N-ethyl adjacent to an activating group) is 1. The van der Waals surface area contributed by atoms with Crippen molar-refractivity contribution in [1.29, 1.82) is 0 Å². The first-order valence-electron chi connectivity index (χ1n) is 9.08. The van der Waals surface area contributed by atoms with Gasteiger partial charge in [-0.3, -0.25) is 19.7 Å². The Morgan fingerprint density at radius 2 is 1.74 bits per heavy atom. The number of hydrogen-bond acceptors (Lipinski definition) is 4. The first-order valence-corrected chi connectivity index (χ1v) is 9.08. The molecule has 0 saturated carbocycles. The molecule has 0 atom stereocenters. The van der Waals surface area contributed by atoms with E-state index in [2.05, 4.69) is 10.3 Å². The molecule has 1 saturated heterocycles. The normalized spacial score (nSPS) is 15.6. The van der Waals surface area contributed by atoms with E-state index in [1.807, 2.05) is 56.5 Å². The Kier molecular flexibility index (Phi) is 4.91. The van der Waals surface area contributed by atoms with Crippen molar-refractivity contribution in [1.82, 2.24) is 19.4 Å². The molecule has 27 heavy (non-hydrogen) atoms. The zero-order chi connectivity index (χ0) is 19.8.